The molecule has 2 atom stereocenters. The van der Waals surface area contributed by atoms with E-state index in [2.05, 4.69) is 0 Å². The first-order valence-electron chi connectivity index (χ1n) is 4.11. The molecule has 0 aromatic heterocycles. The summed E-state index contributed by atoms with van der Waals surface area (Å²) in [4.78, 5) is 18.6. The zero-order valence-electron chi connectivity index (χ0n) is 8.14. The van der Waals surface area contributed by atoms with Crippen molar-refractivity contribution in [3.8, 4) is 0 Å². The summed E-state index contributed by atoms with van der Waals surface area (Å²) >= 11 is 5.93. The fourth-order valence-corrected chi connectivity index (χ4v) is 1.63. The SMILES string of the molecule is CC1(Cl)C([N+](=O)[O-])=CC=CC1(C)[N+](=O)[O-]. The first-order valence-corrected chi connectivity index (χ1v) is 4.49. The van der Waals surface area contributed by atoms with E-state index in [1.165, 1.54) is 32.1 Å². The smallest absolute Gasteiger partial charge is 0.264 e. The molecule has 0 bridgehead atoms. The highest BCUT2D eigenvalue weighted by atomic mass is 35.5. The van der Waals surface area contributed by atoms with Crippen molar-refractivity contribution in [1.82, 2.24) is 0 Å². The van der Waals surface area contributed by atoms with Gasteiger partial charge in [0, 0.05) is 17.9 Å². The monoisotopic (exact) mass is 232 g/mol. The van der Waals surface area contributed by atoms with Crippen LogP contribution in [0.1, 0.15) is 13.8 Å². The second kappa shape index (κ2) is 3.30. The van der Waals surface area contributed by atoms with Crippen molar-refractivity contribution in [2.75, 3.05) is 0 Å². The highest BCUT2D eigenvalue weighted by molar-refractivity contribution is 6.26. The van der Waals surface area contributed by atoms with E-state index in [-0.39, 0.29) is 5.70 Å². The molecule has 0 aromatic carbocycles. The number of alkyl halides is 1. The van der Waals surface area contributed by atoms with Crippen LogP contribution < -0.4 is 0 Å². The van der Waals surface area contributed by atoms with Gasteiger partial charge < -0.3 is 0 Å². The second-order valence-corrected chi connectivity index (χ2v) is 4.33. The van der Waals surface area contributed by atoms with Crippen molar-refractivity contribution >= 4 is 11.6 Å². The van der Waals surface area contributed by atoms with Crippen molar-refractivity contribution in [3.63, 3.8) is 0 Å². The zero-order chi connectivity index (χ0) is 11.9. The Morgan fingerprint density at radius 2 is 1.87 bits per heavy atom. The Balaban J connectivity index is 3.32. The summed E-state index contributed by atoms with van der Waals surface area (Å²) in [6.07, 6.45) is 3.72. The molecule has 0 aliphatic heterocycles. The summed E-state index contributed by atoms with van der Waals surface area (Å²) < 4.78 is 0. The lowest BCUT2D eigenvalue weighted by Gasteiger charge is -2.31. The molecule has 7 heteroatoms. The van der Waals surface area contributed by atoms with Gasteiger partial charge in [-0.15, -0.1) is 0 Å². The van der Waals surface area contributed by atoms with Crippen LogP contribution in [0.25, 0.3) is 0 Å². The predicted molar refractivity (Wildman–Crippen MR) is 53.9 cm³/mol. The summed E-state index contributed by atoms with van der Waals surface area (Å²) in [5, 5.41) is 21.6. The number of nitrogens with zero attached hydrogens (tertiary/aromatic N) is 2. The lowest BCUT2D eigenvalue weighted by molar-refractivity contribution is -0.563. The van der Waals surface area contributed by atoms with Gasteiger partial charge in [-0.1, -0.05) is 17.7 Å². The normalized spacial score (nSPS) is 34.7. The molecule has 0 N–H and O–H groups in total. The minimum absolute atomic E-state index is 0.370. The molecule has 0 saturated heterocycles. The van der Waals surface area contributed by atoms with Crippen LogP contribution in [-0.4, -0.2) is 20.3 Å². The van der Waals surface area contributed by atoms with Gasteiger partial charge in [-0.2, -0.15) is 0 Å². The van der Waals surface area contributed by atoms with Crippen LogP contribution in [-0.2, 0) is 0 Å². The van der Waals surface area contributed by atoms with Crippen molar-refractivity contribution in [2.24, 2.45) is 0 Å². The van der Waals surface area contributed by atoms with Crippen LogP contribution in [0.5, 0.6) is 0 Å². The average molecular weight is 233 g/mol. The molecule has 0 heterocycles. The van der Waals surface area contributed by atoms with E-state index < -0.39 is 20.3 Å². The fourth-order valence-electron chi connectivity index (χ4n) is 1.36. The van der Waals surface area contributed by atoms with E-state index in [0.717, 1.165) is 0 Å². The Kier molecular flexibility index (Phi) is 2.56. The van der Waals surface area contributed by atoms with Gasteiger partial charge in [0.15, 0.2) is 0 Å². The van der Waals surface area contributed by atoms with Gasteiger partial charge in [-0.05, 0) is 13.0 Å². The Morgan fingerprint density at radius 3 is 2.27 bits per heavy atom. The molecule has 2 unspecified atom stereocenters. The average Bonchev–Trinajstić information content (AvgIpc) is 2.08. The molecule has 0 fully saturated rings. The van der Waals surface area contributed by atoms with Crippen LogP contribution in [0.4, 0.5) is 0 Å². The zero-order valence-corrected chi connectivity index (χ0v) is 8.89. The van der Waals surface area contributed by atoms with Gasteiger partial charge in [0.2, 0.25) is 4.87 Å². The first kappa shape index (κ1) is 11.6. The maximum Gasteiger partial charge on any atom is 0.274 e. The molecule has 0 aromatic rings. The van der Waals surface area contributed by atoms with E-state index >= 15 is 0 Å². The third-order valence-corrected chi connectivity index (χ3v) is 3.26. The number of nitro groups is 2. The standard InChI is InChI=1S/C8H9ClN2O4/c1-7(11(14)15)5-3-4-6(10(12)13)8(7,2)9/h3-5H,1-2H3. The molecule has 1 aliphatic carbocycles. The number of halogens is 1. The van der Waals surface area contributed by atoms with Crippen LogP contribution in [0.2, 0.25) is 0 Å². The number of allylic oxidation sites excluding steroid dienone is 2. The molecule has 1 rings (SSSR count). The highest BCUT2D eigenvalue weighted by Crippen LogP contribution is 2.41. The number of rotatable bonds is 2. The van der Waals surface area contributed by atoms with Crippen LogP contribution in [0, 0.1) is 20.2 Å². The lowest BCUT2D eigenvalue weighted by atomic mass is 9.81. The summed E-state index contributed by atoms with van der Waals surface area (Å²) in [6, 6.07) is 0. The third kappa shape index (κ3) is 1.50. The van der Waals surface area contributed by atoms with Gasteiger partial charge in [0.1, 0.15) is 0 Å². The Hall–Kier alpha value is -1.43. The van der Waals surface area contributed by atoms with Crippen molar-refractivity contribution in [1.29, 1.82) is 0 Å². The maximum atomic E-state index is 10.9. The summed E-state index contributed by atoms with van der Waals surface area (Å²) in [5.41, 5.74) is -2.04. The molecule has 0 saturated carbocycles. The lowest BCUT2D eigenvalue weighted by Crippen LogP contribution is -2.53. The molecule has 15 heavy (non-hydrogen) atoms. The van der Waals surface area contributed by atoms with E-state index in [4.69, 9.17) is 11.6 Å². The third-order valence-electron chi connectivity index (χ3n) is 2.68. The van der Waals surface area contributed by atoms with E-state index in [1.54, 1.807) is 0 Å². The molecule has 0 amide bonds. The van der Waals surface area contributed by atoms with E-state index in [0.29, 0.717) is 0 Å². The quantitative estimate of drug-likeness (QED) is 0.412. The molecule has 6 nitrogen and oxygen atoms in total. The molecule has 0 radical (unpaired) electrons. The summed E-state index contributed by atoms with van der Waals surface area (Å²) in [7, 11) is 0. The molecular formula is C8H9ClN2O4. The van der Waals surface area contributed by atoms with Gasteiger partial charge in [0.05, 0.1) is 4.92 Å². The van der Waals surface area contributed by atoms with Gasteiger partial charge in [0.25, 0.3) is 11.2 Å². The molecular weight excluding hydrogens is 224 g/mol. The summed E-state index contributed by atoms with van der Waals surface area (Å²) in [6.45, 7) is 2.53. The minimum Gasteiger partial charge on any atom is -0.264 e. The number of hydrogen-bond acceptors (Lipinski definition) is 4. The molecule has 82 valence electrons. The van der Waals surface area contributed by atoms with Crippen molar-refractivity contribution < 1.29 is 9.85 Å². The predicted octanol–water partition coefficient (Wildman–Crippen LogP) is 1.75. The molecule has 1 aliphatic rings. The van der Waals surface area contributed by atoms with Crippen LogP contribution in [0.3, 0.4) is 0 Å². The molecule has 0 spiro atoms. The van der Waals surface area contributed by atoms with Crippen LogP contribution >= 0.6 is 11.6 Å². The van der Waals surface area contributed by atoms with Crippen molar-refractivity contribution in [2.45, 2.75) is 24.3 Å². The van der Waals surface area contributed by atoms with Crippen molar-refractivity contribution in [3.05, 3.63) is 44.2 Å². The highest BCUT2D eigenvalue weighted by Gasteiger charge is 2.60. The van der Waals surface area contributed by atoms with Crippen LogP contribution in [0.15, 0.2) is 23.9 Å². The largest absolute Gasteiger partial charge is 0.274 e. The van der Waals surface area contributed by atoms with Gasteiger partial charge >= 0.3 is 0 Å². The van der Waals surface area contributed by atoms with E-state index in [1.807, 2.05) is 0 Å². The fraction of sp³-hybridized carbons (Fsp3) is 0.500. The summed E-state index contributed by atoms with van der Waals surface area (Å²) in [5.74, 6) is 0. The van der Waals surface area contributed by atoms with Gasteiger partial charge in [-0.25, -0.2) is 0 Å². The first-order chi connectivity index (χ1) is 6.73. The van der Waals surface area contributed by atoms with E-state index in [9.17, 15) is 20.2 Å². The number of hydrogen-bond donors (Lipinski definition) is 0. The second-order valence-electron chi connectivity index (χ2n) is 3.58. The Bertz CT molecular complexity index is 388. The topological polar surface area (TPSA) is 86.3 Å². The minimum atomic E-state index is -1.67. The maximum absolute atomic E-state index is 10.9. The Labute approximate surface area is 90.5 Å². The van der Waals surface area contributed by atoms with Gasteiger partial charge in [-0.3, -0.25) is 20.2 Å². The Morgan fingerprint density at radius 1 is 1.33 bits per heavy atom.